The van der Waals surface area contributed by atoms with Gasteiger partial charge in [-0.25, -0.2) is 0 Å². The smallest absolute Gasteiger partial charge is 0.155 e. The first-order valence-corrected chi connectivity index (χ1v) is 6.84. The molecule has 1 unspecified atom stereocenters. The first-order chi connectivity index (χ1) is 7.10. The highest BCUT2D eigenvalue weighted by Gasteiger charge is 2.31. The minimum Gasteiger partial charge on any atom is -0.353 e. The van der Waals surface area contributed by atoms with E-state index < -0.39 is 5.41 Å². The van der Waals surface area contributed by atoms with Crippen LogP contribution in [-0.4, -0.2) is 41.5 Å². The lowest BCUT2D eigenvalue weighted by atomic mass is 10.1. The van der Waals surface area contributed by atoms with E-state index in [1.807, 2.05) is 13.8 Å². The van der Waals surface area contributed by atoms with Gasteiger partial charge >= 0.3 is 0 Å². The number of nitrogens with two attached hydrogens (primary N) is 2. The molecule has 5 heteroatoms. The molecule has 0 aliphatic carbocycles. The number of ether oxygens (including phenoxy) is 2. The van der Waals surface area contributed by atoms with E-state index in [4.69, 9.17) is 20.9 Å². The summed E-state index contributed by atoms with van der Waals surface area (Å²) < 4.78 is 11.3. The number of unbranched alkanes of at least 4 members (excludes halogenated alkanes) is 1. The second-order valence-electron chi connectivity index (χ2n) is 3.77. The molecule has 0 radical (unpaired) electrons. The molecule has 0 bridgehead atoms. The molecule has 0 saturated carbocycles. The van der Waals surface area contributed by atoms with Crippen molar-refractivity contribution in [2.45, 2.75) is 44.6 Å². The molecule has 0 saturated heterocycles. The summed E-state index contributed by atoms with van der Waals surface area (Å²) in [5.74, 6) is 0. The zero-order valence-corrected chi connectivity index (χ0v) is 12.3. The summed E-state index contributed by atoms with van der Waals surface area (Å²) in [5.41, 5.74) is 11.0. The zero-order chi connectivity index (χ0) is 11.7. The van der Waals surface area contributed by atoms with Gasteiger partial charge in [-0.3, -0.25) is 0 Å². The SMILES string of the molecule is CCOC([SiH3])(OCC)C(N)CCCCN. The molecule has 0 fully saturated rings. The maximum absolute atomic E-state index is 6.11. The standard InChI is InChI=1S/C10H26N2O2Si/c1-3-13-10(15,14-4-2)9(12)7-5-6-8-11/h9H,3-8,11-12H2,1-2,15H3. The number of rotatable bonds is 9. The largest absolute Gasteiger partial charge is 0.353 e. The van der Waals surface area contributed by atoms with Crippen molar-refractivity contribution >= 4 is 10.2 Å². The average molecular weight is 234 g/mol. The highest BCUT2D eigenvalue weighted by Crippen LogP contribution is 2.17. The Morgan fingerprint density at radius 1 is 1.20 bits per heavy atom. The Balaban J connectivity index is 4.08. The third-order valence-corrected chi connectivity index (χ3v) is 3.82. The van der Waals surface area contributed by atoms with Gasteiger partial charge in [-0.05, 0) is 33.2 Å². The third-order valence-electron chi connectivity index (χ3n) is 2.50. The molecule has 0 heterocycles. The predicted octanol–water partition coefficient (Wildman–Crippen LogP) is -0.465. The summed E-state index contributed by atoms with van der Waals surface area (Å²) in [4.78, 5) is 0. The van der Waals surface area contributed by atoms with Gasteiger partial charge in [-0.15, -0.1) is 0 Å². The van der Waals surface area contributed by atoms with E-state index >= 15 is 0 Å². The monoisotopic (exact) mass is 234 g/mol. The lowest BCUT2D eigenvalue weighted by Crippen LogP contribution is -2.53. The highest BCUT2D eigenvalue weighted by atomic mass is 28.1. The zero-order valence-electron chi connectivity index (χ0n) is 10.3. The Hall–Kier alpha value is 0.0569. The van der Waals surface area contributed by atoms with Crippen LogP contribution in [-0.2, 0) is 9.47 Å². The van der Waals surface area contributed by atoms with Gasteiger partial charge in [-0.2, -0.15) is 0 Å². The lowest BCUT2D eigenvalue weighted by molar-refractivity contribution is -0.186. The van der Waals surface area contributed by atoms with Crippen LogP contribution in [0, 0.1) is 0 Å². The van der Waals surface area contributed by atoms with Gasteiger partial charge in [-0.1, -0.05) is 6.42 Å². The lowest BCUT2D eigenvalue weighted by Gasteiger charge is -2.35. The van der Waals surface area contributed by atoms with Crippen molar-refractivity contribution in [3.8, 4) is 0 Å². The van der Waals surface area contributed by atoms with Crippen molar-refractivity contribution in [3.05, 3.63) is 0 Å². The van der Waals surface area contributed by atoms with Crippen molar-refractivity contribution in [1.29, 1.82) is 0 Å². The molecule has 1 atom stereocenters. The predicted molar refractivity (Wildman–Crippen MR) is 66.8 cm³/mol. The Morgan fingerprint density at radius 2 is 1.73 bits per heavy atom. The Labute approximate surface area is 96.1 Å². The Morgan fingerprint density at radius 3 is 2.13 bits per heavy atom. The quantitative estimate of drug-likeness (QED) is 0.322. The molecule has 0 aromatic carbocycles. The maximum Gasteiger partial charge on any atom is 0.155 e. The second kappa shape index (κ2) is 8.24. The number of hydrogen-bond acceptors (Lipinski definition) is 4. The molecule has 0 amide bonds. The van der Waals surface area contributed by atoms with Crippen molar-refractivity contribution in [3.63, 3.8) is 0 Å². The van der Waals surface area contributed by atoms with Crippen LogP contribution in [0.4, 0.5) is 0 Å². The van der Waals surface area contributed by atoms with Crippen LogP contribution >= 0.6 is 0 Å². The van der Waals surface area contributed by atoms with Gasteiger partial charge in [0.15, 0.2) is 5.41 Å². The molecule has 0 aromatic rings. The van der Waals surface area contributed by atoms with Gasteiger partial charge in [0.25, 0.3) is 0 Å². The minimum atomic E-state index is -0.516. The summed E-state index contributed by atoms with van der Waals surface area (Å²) in [6, 6.07) is -0.0318. The van der Waals surface area contributed by atoms with Gasteiger partial charge < -0.3 is 20.9 Å². The minimum absolute atomic E-state index is 0.0318. The van der Waals surface area contributed by atoms with Crippen LogP contribution < -0.4 is 11.5 Å². The molecule has 0 aliphatic heterocycles. The van der Waals surface area contributed by atoms with Crippen LogP contribution in [0.5, 0.6) is 0 Å². The average Bonchev–Trinajstić information content (AvgIpc) is 2.18. The third kappa shape index (κ3) is 5.63. The highest BCUT2D eigenvalue weighted by molar-refractivity contribution is 6.14. The fourth-order valence-electron chi connectivity index (χ4n) is 1.60. The van der Waals surface area contributed by atoms with E-state index in [-0.39, 0.29) is 6.04 Å². The fourth-order valence-corrected chi connectivity index (χ4v) is 2.47. The van der Waals surface area contributed by atoms with Gasteiger partial charge in [0.2, 0.25) is 0 Å². The van der Waals surface area contributed by atoms with Gasteiger partial charge in [0.05, 0.1) is 16.3 Å². The molecule has 0 aromatic heterocycles. The molecule has 4 nitrogen and oxygen atoms in total. The molecular formula is C10H26N2O2Si. The van der Waals surface area contributed by atoms with Crippen LogP contribution in [0.15, 0.2) is 0 Å². The molecule has 15 heavy (non-hydrogen) atoms. The van der Waals surface area contributed by atoms with Crippen LogP contribution in [0.2, 0.25) is 0 Å². The topological polar surface area (TPSA) is 70.5 Å². The van der Waals surface area contributed by atoms with Crippen LogP contribution in [0.25, 0.3) is 0 Å². The molecule has 4 N–H and O–H groups in total. The van der Waals surface area contributed by atoms with Crippen LogP contribution in [0.3, 0.4) is 0 Å². The normalized spacial score (nSPS) is 14.4. The molecule has 0 rings (SSSR count). The fraction of sp³-hybridized carbons (Fsp3) is 1.00. The summed E-state index contributed by atoms with van der Waals surface area (Å²) >= 11 is 0. The summed E-state index contributed by atoms with van der Waals surface area (Å²) in [7, 11) is 0.789. The van der Waals surface area contributed by atoms with Crippen molar-refractivity contribution in [2.75, 3.05) is 19.8 Å². The Kier molecular flexibility index (Phi) is 8.27. The van der Waals surface area contributed by atoms with Gasteiger partial charge in [0.1, 0.15) is 0 Å². The summed E-state index contributed by atoms with van der Waals surface area (Å²) in [5, 5.41) is 0. The van der Waals surface area contributed by atoms with Crippen LogP contribution in [0.1, 0.15) is 33.1 Å². The second-order valence-corrected chi connectivity index (χ2v) is 5.17. The first kappa shape index (κ1) is 15.1. The number of hydrogen-bond donors (Lipinski definition) is 2. The molecular weight excluding hydrogens is 208 g/mol. The molecule has 0 spiro atoms. The van der Waals surface area contributed by atoms with E-state index in [1.165, 1.54) is 0 Å². The van der Waals surface area contributed by atoms with E-state index in [2.05, 4.69) is 0 Å². The first-order valence-electron chi connectivity index (χ1n) is 5.84. The van der Waals surface area contributed by atoms with E-state index in [1.54, 1.807) is 0 Å². The van der Waals surface area contributed by atoms with Crippen molar-refractivity contribution in [2.24, 2.45) is 11.5 Å². The van der Waals surface area contributed by atoms with Crippen molar-refractivity contribution < 1.29 is 9.47 Å². The molecule has 0 aliphatic rings. The van der Waals surface area contributed by atoms with Crippen molar-refractivity contribution in [1.82, 2.24) is 0 Å². The molecule has 92 valence electrons. The van der Waals surface area contributed by atoms with E-state index in [9.17, 15) is 0 Å². The maximum atomic E-state index is 6.11. The summed E-state index contributed by atoms with van der Waals surface area (Å²) in [6.45, 7) is 5.96. The van der Waals surface area contributed by atoms with Gasteiger partial charge in [0, 0.05) is 13.2 Å². The summed E-state index contributed by atoms with van der Waals surface area (Å²) in [6.07, 6.45) is 2.98. The van der Waals surface area contributed by atoms with E-state index in [0.29, 0.717) is 13.2 Å². The Bertz CT molecular complexity index is 152. The van der Waals surface area contributed by atoms with E-state index in [0.717, 1.165) is 36.0 Å².